The van der Waals surface area contributed by atoms with Gasteiger partial charge in [-0.2, -0.15) is 0 Å². The van der Waals surface area contributed by atoms with Crippen LogP contribution in [0, 0.1) is 5.92 Å². The first-order valence-corrected chi connectivity index (χ1v) is 7.82. The van der Waals surface area contributed by atoms with E-state index in [9.17, 15) is 8.42 Å². The maximum atomic E-state index is 12.0. The van der Waals surface area contributed by atoms with Gasteiger partial charge in [-0.3, -0.25) is 0 Å². The van der Waals surface area contributed by atoms with Gasteiger partial charge < -0.3 is 4.74 Å². The topological polar surface area (TPSA) is 55.4 Å². The predicted octanol–water partition coefficient (Wildman–Crippen LogP) is 2.16. The van der Waals surface area contributed by atoms with Gasteiger partial charge >= 0.3 is 0 Å². The van der Waals surface area contributed by atoms with E-state index in [2.05, 4.69) is 4.72 Å². The van der Waals surface area contributed by atoms with Crippen molar-refractivity contribution in [1.82, 2.24) is 4.72 Å². The van der Waals surface area contributed by atoms with Gasteiger partial charge in [0, 0.05) is 6.54 Å². The molecule has 0 aromatic heterocycles. The molecule has 0 unspecified atom stereocenters. The Morgan fingerprint density at radius 1 is 1.28 bits per heavy atom. The molecule has 0 spiro atoms. The molecule has 1 aromatic carbocycles. The molecule has 2 rings (SSSR count). The van der Waals surface area contributed by atoms with E-state index in [0.29, 0.717) is 29.7 Å². The largest absolute Gasteiger partial charge is 0.494 e. The maximum absolute atomic E-state index is 12.0. The smallest absolute Gasteiger partial charge is 0.240 e. The molecule has 4 nitrogen and oxygen atoms in total. The minimum absolute atomic E-state index is 0.297. The molecule has 1 aliphatic carbocycles. The number of hydrogen-bond donors (Lipinski definition) is 1. The Bertz CT molecular complexity index is 477. The van der Waals surface area contributed by atoms with Crippen LogP contribution in [0.2, 0.25) is 0 Å². The highest BCUT2D eigenvalue weighted by Gasteiger charge is 2.21. The minimum atomic E-state index is -3.37. The molecule has 1 aromatic rings. The molecule has 0 amide bonds. The fourth-order valence-electron chi connectivity index (χ4n) is 1.89. The van der Waals surface area contributed by atoms with Crippen molar-refractivity contribution in [3.8, 4) is 5.75 Å². The van der Waals surface area contributed by atoms with E-state index in [-0.39, 0.29) is 0 Å². The Hall–Kier alpha value is -1.07. The fourth-order valence-corrected chi connectivity index (χ4v) is 3.01. The zero-order chi connectivity index (χ0) is 13.0. The lowest BCUT2D eigenvalue weighted by Gasteiger charge is -2.25. The van der Waals surface area contributed by atoms with Gasteiger partial charge in [0.2, 0.25) is 10.0 Å². The number of nitrogens with one attached hydrogen (secondary N) is 1. The maximum Gasteiger partial charge on any atom is 0.240 e. The summed E-state index contributed by atoms with van der Waals surface area (Å²) in [5, 5.41) is 0. The highest BCUT2D eigenvalue weighted by atomic mass is 32.2. The first kappa shape index (κ1) is 13.4. The molecular weight excluding hydrogens is 250 g/mol. The summed E-state index contributed by atoms with van der Waals surface area (Å²) in [6.07, 6.45) is 3.48. The standard InChI is InChI=1S/C13H19NO3S/c1-2-17-12-6-8-13(9-7-12)18(15,16)14-10-11-4-3-5-11/h6-9,11,14H,2-5,10H2,1H3. The third-order valence-electron chi connectivity index (χ3n) is 3.23. The average Bonchev–Trinajstić information content (AvgIpc) is 2.28. The molecule has 0 atom stereocenters. The monoisotopic (exact) mass is 269 g/mol. The number of hydrogen-bond acceptors (Lipinski definition) is 3. The summed E-state index contributed by atoms with van der Waals surface area (Å²) in [5.74, 6) is 1.21. The van der Waals surface area contributed by atoms with E-state index in [0.717, 1.165) is 12.8 Å². The molecule has 5 heteroatoms. The summed E-state index contributed by atoms with van der Waals surface area (Å²) in [7, 11) is -3.37. The molecule has 0 radical (unpaired) electrons. The molecule has 18 heavy (non-hydrogen) atoms. The van der Waals surface area contributed by atoms with E-state index >= 15 is 0 Å². The van der Waals surface area contributed by atoms with Crippen LogP contribution in [-0.4, -0.2) is 21.6 Å². The average molecular weight is 269 g/mol. The fraction of sp³-hybridized carbons (Fsp3) is 0.538. The molecule has 0 saturated heterocycles. The van der Waals surface area contributed by atoms with Gasteiger partial charge in [0.15, 0.2) is 0 Å². The molecule has 1 aliphatic rings. The van der Waals surface area contributed by atoms with Crippen molar-refractivity contribution in [1.29, 1.82) is 0 Å². The number of sulfonamides is 1. The summed E-state index contributed by atoms with van der Waals surface area (Å²) >= 11 is 0. The van der Waals surface area contributed by atoms with Crippen LogP contribution in [0.1, 0.15) is 26.2 Å². The predicted molar refractivity (Wildman–Crippen MR) is 70.1 cm³/mol. The van der Waals surface area contributed by atoms with Gasteiger partial charge in [0.05, 0.1) is 11.5 Å². The van der Waals surface area contributed by atoms with E-state index in [1.807, 2.05) is 6.92 Å². The van der Waals surface area contributed by atoms with E-state index in [1.165, 1.54) is 6.42 Å². The normalized spacial score (nSPS) is 16.3. The second kappa shape index (κ2) is 5.71. The first-order chi connectivity index (χ1) is 8.62. The minimum Gasteiger partial charge on any atom is -0.494 e. The molecule has 1 N–H and O–H groups in total. The molecule has 0 bridgehead atoms. The van der Waals surface area contributed by atoms with E-state index in [4.69, 9.17) is 4.74 Å². The van der Waals surface area contributed by atoms with Gasteiger partial charge in [-0.15, -0.1) is 0 Å². The molecule has 100 valence electrons. The van der Waals surface area contributed by atoms with E-state index in [1.54, 1.807) is 24.3 Å². The van der Waals surface area contributed by atoms with Crippen molar-refractivity contribution in [3.63, 3.8) is 0 Å². The van der Waals surface area contributed by atoms with Crippen molar-refractivity contribution in [3.05, 3.63) is 24.3 Å². The summed E-state index contributed by atoms with van der Waals surface area (Å²) in [6.45, 7) is 3.02. The molecule has 1 saturated carbocycles. The van der Waals surface area contributed by atoms with Crippen LogP contribution in [0.15, 0.2) is 29.2 Å². The van der Waals surface area contributed by atoms with Crippen molar-refractivity contribution in [2.24, 2.45) is 5.92 Å². The SMILES string of the molecule is CCOc1ccc(S(=O)(=O)NCC2CCC2)cc1. The summed E-state index contributed by atoms with van der Waals surface area (Å²) in [5.41, 5.74) is 0. The van der Waals surface area contributed by atoms with Crippen molar-refractivity contribution in [2.45, 2.75) is 31.1 Å². The van der Waals surface area contributed by atoms with Crippen LogP contribution >= 0.6 is 0 Å². The van der Waals surface area contributed by atoms with Gasteiger partial charge in [-0.1, -0.05) is 6.42 Å². The second-order valence-corrected chi connectivity index (χ2v) is 6.32. The summed E-state index contributed by atoms with van der Waals surface area (Å²) in [4.78, 5) is 0.297. The highest BCUT2D eigenvalue weighted by Crippen LogP contribution is 2.25. The lowest BCUT2D eigenvalue weighted by atomic mass is 9.86. The van der Waals surface area contributed by atoms with Crippen molar-refractivity contribution in [2.75, 3.05) is 13.2 Å². The summed E-state index contributed by atoms with van der Waals surface area (Å²) < 4.78 is 31.9. The third kappa shape index (κ3) is 3.23. The molecular formula is C13H19NO3S. The van der Waals surface area contributed by atoms with Crippen LogP contribution in [0.3, 0.4) is 0 Å². The van der Waals surface area contributed by atoms with Crippen molar-refractivity contribution >= 4 is 10.0 Å². The second-order valence-electron chi connectivity index (χ2n) is 4.55. The Balaban J connectivity index is 1.99. The Labute approximate surface area is 108 Å². The quantitative estimate of drug-likeness (QED) is 0.861. The zero-order valence-corrected chi connectivity index (χ0v) is 11.4. The zero-order valence-electron chi connectivity index (χ0n) is 10.6. The molecule has 1 fully saturated rings. The highest BCUT2D eigenvalue weighted by molar-refractivity contribution is 7.89. The Kier molecular flexibility index (Phi) is 4.24. The van der Waals surface area contributed by atoms with Crippen LogP contribution < -0.4 is 9.46 Å². The first-order valence-electron chi connectivity index (χ1n) is 6.34. The number of benzene rings is 1. The van der Waals surface area contributed by atoms with Gasteiger partial charge in [0.1, 0.15) is 5.75 Å². The molecule has 0 heterocycles. The van der Waals surface area contributed by atoms with Crippen LogP contribution in [-0.2, 0) is 10.0 Å². The number of ether oxygens (including phenoxy) is 1. The van der Waals surface area contributed by atoms with Crippen LogP contribution in [0.5, 0.6) is 5.75 Å². The molecule has 0 aliphatic heterocycles. The summed E-state index contributed by atoms with van der Waals surface area (Å²) in [6, 6.07) is 6.52. The lowest BCUT2D eigenvalue weighted by Crippen LogP contribution is -2.32. The Morgan fingerprint density at radius 2 is 1.94 bits per heavy atom. The van der Waals surface area contributed by atoms with Crippen LogP contribution in [0.25, 0.3) is 0 Å². The Morgan fingerprint density at radius 3 is 2.44 bits per heavy atom. The van der Waals surface area contributed by atoms with Gasteiger partial charge in [-0.05, 0) is 49.9 Å². The van der Waals surface area contributed by atoms with Gasteiger partial charge in [-0.25, -0.2) is 13.1 Å². The number of rotatable bonds is 6. The van der Waals surface area contributed by atoms with Crippen molar-refractivity contribution < 1.29 is 13.2 Å². The van der Waals surface area contributed by atoms with E-state index < -0.39 is 10.0 Å². The van der Waals surface area contributed by atoms with Crippen LogP contribution in [0.4, 0.5) is 0 Å². The third-order valence-corrected chi connectivity index (χ3v) is 4.67. The van der Waals surface area contributed by atoms with Gasteiger partial charge in [0.25, 0.3) is 0 Å². The lowest BCUT2D eigenvalue weighted by molar-refractivity contribution is 0.316.